The molecule has 8 heteroatoms. The molecule has 1 aromatic carbocycles. The minimum absolute atomic E-state index is 0.0361. The topological polar surface area (TPSA) is 75.7 Å². The van der Waals surface area contributed by atoms with E-state index in [4.69, 9.17) is 5.84 Å². The van der Waals surface area contributed by atoms with Gasteiger partial charge in [-0.05, 0) is 18.2 Å². The second-order valence-corrected chi connectivity index (χ2v) is 4.78. The van der Waals surface area contributed by atoms with E-state index in [0.29, 0.717) is 11.4 Å². The summed E-state index contributed by atoms with van der Waals surface area (Å²) in [5, 5.41) is 0. The van der Waals surface area contributed by atoms with E-state index in [1.54, 1.807) is 30.5 Å². The minimum atomic E-state index is -4.53. The number of para-hydroxylation sites is 1. The van der Waals surface area contributed by atoms with Crippen LogP contribution in [0.15, 0.2) is 52.6 Å². The van der Waals surface area contributed by atoms with E-state index in [9.17, 15) is 13.2 Å². The maximum atomic E-state index is 13.3. The summed E-state index contributed by atoms with van der Waals surface area (Å²) in [6.07, 6.45) is -2.98. The molecule has 1 aliphatic heterocycles. The number of hydrogen-bond acceptors (Lipinski definition) is 5. The van der Waals surface area contributed by atoms with Crippen molar-refractivity contribution in [2.24, 2.45) is 15.8 Å². The number of alkyl halides is 3. The standard InChI is InChI=1S/C15H12F3N5/c16-15(17,18)10-5-3-4-9-13(10)22-12(23-19)8-21-14(9)11-6-1-2-7-20-11/h1-7H,8,19H2,(H,22,23). The van der Waals surface area contributed by atoms with Crippen molar-refractivity contribution < 1.29 is 13.2 Å². The van der Waals surface area contributed by atoms with Crippen molar-refractivity contribution in [3.8, 4) is 0 Å². The van der Waals surface area contributed by atoms with Crippen molar-refractivity contribution in [1.29, 1.82) is 0 Å². The maximum absolute atomic E-state index is 13.3. The monoisotopic (exact) mass is 319 g/mol. The Morgan fingerprint density at radius 1 is 1.09 bits per heavy atom. The van der Waals surface area contributed by atoms with Crippen LogP contribution >= 0.6 is 0 Å². The van der Waals surface area contributed by atoms with Crippen molar-refractivity contribution in [3.05, 3.63) is 59.4 Å². The number of benzene rings is 1. The van der Waals surface area contributed by atoms with Crippen LogP contribution in [0.25, 0.3) is 0 Å². The zero-order valence-corrected chi connectivity index (χ0v) is 11.8. The molecule has 23 heavy (non-hydrogen) atoms. The van der Waals surface area contributed by atoms with Crippen LogP contribution in [0.3, 0.4) is 0 Å². The number of fused-ring (bicyclic) bond motifs is 1. The molecule has 2 aromatic rings. The summed E-state index contributed by atoms with van der Waals surface area (Å²) in [7, 11) is 0. The number of hydrazine groups is 1. The molecular formula is C15H12F3N5. The molecule has 3 rings (SSSR count). The molecule has 0 saturated heterocycles. The Morgan fingerprint density at radius 3 is 2.57 bits per heavy atom. The van der Waals surface area contributed by atoms with E-state index in [0.717, 1.165) is 6.07 Å². The van der Waals surface area contributed by atoms with Gasteiger partial charge >= 0.3 is 6.18 Å². The Morgan fingerprint density at radius 2 is 1.91 bits per heavy atom. The lowest BCUT2D eigenvalue weighted by Gasteiger charge is -2.14. The molecule has 1 aromatic heterocycles. The van der Waals surface area contributed by atoms with Crippen molar-refractivity contribution in [1.82, 2.24) is 10.4 Å². The number of aromatic nitrogens is 1. The van der Waals surface area contributed by atoms with Gasteiger partial charge in [-0.15, -0.1) is 0 Å². The number of nitrogens with one attached hydrogen (secondary N) is 1. The maximum Gasteiger partial charge on any atom is 0.418 e. The van der Waals surface area contributed by atoms with Crippen LogP contribution < -0.4 is 11.3 Å². The molecule has 0 saturated carbocycles. The number of hydrogen-bond donors (Lipinski definition) is 2. The lowest BCUT2D eigenvalue weighted by atomic mass is 10.0. The van der Waals surface area contributed by atoms with Crippen molar-refractivity contribution in [2.75, 3.05) is 6.54 Å². The number of pyridine rings is 1. The van der Waals surface area contributed by atoms with Gasteiger partial charge in [-0.2, -0.15) is 13.2 Å². The van der Waals surface area contributed by atoms with Gasteiger partial charge in [0.1, 0.15) is 5.84 Å². The van der Waals surface area contributed by atoms with E-state index < -0.39 is 11.7 Å². The van der Waals surface area contributed by atoms with E-state index in [2.05, 4.69) is 20.4 Å². The largest absolute Gasteiger partial charge is 0.418 e. The average molecular weight is 319 g/mol. The molecule has 0 aliphatic carbocycles. The molecule has 0 atom stereocenters. The third-order valence-corrected chi connectivity index (χ3v) is 3.30. The number of nitrogens with zero attached hydrogens (tertiary/aromatic N) is 3. The fourth-order valence-electron chi connectivity index (χ4n) is 2.29. The quantitative estimate of drug-likeness (QED) is 0.626. The summed E-state index contributed by atoms with van der Waals surface area (Å²) in [4.78, 5) is 12.5. The first-order valence-electron chi connectivity index (χ1n) is 6.71. The highest BCUT2D eigenvalue weighted by molar-refractivity contribution is 6.16. The molecular weight excluding hydrogens is 307 g/mol. The lowest BCUT2D eigenvalue weighted by molar-refractivity contribution is -0.137. The van der Waals surface area contributed by atoms with Gasteiger partial charge in [-0.25, -0.2) is 10.8 Å². The van der Waals surface area contributed by atoms with Crippen LogP contribution in [-0.4, -0.2) is 23.1 Å². The molecule has 3 N–H and O–H groups in total. The predicted octanol–water partition coefficient (Wildman–Crippen LogP) is 2.44. The Hall–Kier alpha value is -2.74. The smallest absolute Gasteiger partial charge is 0.310 e. The van der Waals surface area contributed by atoms with Gasteiger partial charge < -0.3 is 5.43 Å². The average Bonchev–Trinajstić information content (AvgIpc) is 2.73. The molecule has 0 bridgehead atoms. The van der Waals surface area contributed by atoms with Crippen LogP contribution in [0.2, 0.25) is 0 Å². The molecule has 0 spiro atoms. The highest BCUT2D eigenvalue weighted by atomic mass is 19.4. The van der Waals surface area contributed by atoms with Gasteiger partial charge in [0, 0.05) is 11.8 Å². The number of rotatable bonds is 1. The zero-order valence-electron chi connectivity index (χ0n) is 11.8. The number of amidine groups is 1. The summed E-state index contributed by atoms with van der Waals surface area (Å²) >= 11 is 0. The molecule has 0 amide bonds. The van der Waals surface area contributed by atoms with Crippen molar-refractivity contribution in [2.45, 2.75) is 6.18 Å². The summed E-state index contributed by atoms with van der Waals surface area (Å²) in [5.74, 6) is 5.47. The van der Waals surface area contributed by atoms with Gasteiger partial charge in [-0.3, -0.25) is 9.98 Å². The lowest BCUT2D eigenvalue weighted by Crippen LogP contribution is -2.32. The molecule has 0 unspecified atom stereocenters. The molecule has 1 aliphatic rings. The molecule has 0 fully saturated rings. The third kappa shape index (κ3) is 2.93. The Labute approximate surface area is 129 Å². The van der Waals surface area contributed by atoms with Gasteiger partial charge in [0.25, 0.3) is 0 Å². The zero-order chi connectivity index (χ0) is 16.4. The first kappa shape index (κ1) is 15.2. The third-order valence-electron chi connectivity index (χ3n) is 3.30. The Bertz CT molecular complexity index is 781. The van der Waals surface area contributed by atoms with E-state index in [1.807, 2.05) is 0 Å². The van der Waals surface area contributed by atoms with E-state index >= 15 is 0 Å². The summed E-state index contributed by atoms with van der Waals surface area (Å²) in [6.45, 7) is 0.0361. The summed E-state index contributed by atoms with van der Waals surface area (Å²) < 4.78 is 39.9. The molecule has 0 radical (unpaired) electrons. The second kappa shape index (κ2) is 5.81. The highest BCUT2D eigenvalue weighted by Gasteiger charge is 2.35. The molecule has 5 nitrogen and oxygen atoms in total. The van der Waals surface area contributed by atoms with Crippen LogP contribution in [0.1, 0.15) is 16.8 Å². The number of aliphatic imine (C=N–C) groups is 2. The first-order chi connectivity index (χ1) is 11.0. The second-order valence-electron chi connectivity index (χ2n) is 4.78. The van der Waals surface area contributed by atoms with E-state index in [1.165, 1.54) is 6.07 Å². The summed E-state index contributed by atoms with van der Waals surface area (Å²) in [5.41, 5.74) is 2.33. The summed E-state index contributed by atoms with van der Waals surface area (Å²) in [6, 6.07) is 9.00. The number of halogens is 3. The minimum Gasteiger partial charge on any atom is -0.310 e. The van der Waals surface area contributed by atoms with Crippen LogP contribution in [-0.2, 0) is 6.18 Å². The Kier molecular flexibility index (Phi) is 3.83. The molecule has 2 heterocycles. The van der Waals surface area contributed by atoms with Gasteiger partial charge in [0.2, 0.25) is 0 Å². The van der Waals surface area contributed by atoms with Crippen molar-refractivity contribution >= 4 is 17.2 Å². The molecule has 118 valence electrons. The first-order valence-corrected chi connectivity index (χ1v) is 6.71. The fraction of sp³-hybridized carbons (Fsp3) is 0.133. The van der Waals surface area contributed by atoms with Crippen LogP contribution in [0.4, 0.5) is 18.9 Å². The van der Waals surface area contributed by atoms with E-state index in [-0.39, 0.29) is 23.6 Å². The Balaban J connectivity index is 2.26. The van der Waals surface area contributed by atoms with Gasteiger partial charge in [0.05, 0.1) is 29.2 Å². The number of nitrogens with two attached hydrogens (primary N) is 1. The fourth-order valence-corrected chi connectivity index (χ4v) is 2.29. The van der Waals surface area contributed by atoms with Crippen LogP contribution in [0.5, 0.6) is 0 Å². The highest BCUT2D eigenvalue weighted by Crippen LogP contribution is 2.39. The van der Waals surface area contributed by atoms with Gasteiger partial charge in [0.15, 0.2) is 0 Å². The van der Waals surface area contributed by atoms with Crippen molar-refractivity contribution in [3.63, 3.8) is 0 Å². The SMILES string of the molecule is NNC1=Nc2c(cccc2C(F)(F)F)C(c2ccccn2)=NC1. The van der Waals surface area contributed by atoms with Gasteiger partial charge in [-0.1, -0.05) is 18.2 Å². The normalized spacial score (nSPS) is 14.4. The predicted molar refractivity (Wildman–Crippen MR) is 80.6 cm³/mol. The van der Waals surface area contributed by atoms with Crippen LogP contribution in [0, 0.1) is 0 Å².